The highest BCUT2D eigenvalue weighted by Crippen LogP contribution is 1.75. The summed E-state index contributed by atoms with van der Waals surface area (Å²) in [5.41, 5.74) is 3.47. The van der Waals surface area contributed by atoms with Crippen molar-refractivity contribution in [2.45, 2.75) is 6.42 Å². The molecule has 0 fully saturated rings. The van der Waals surface area contributed by atoms with Crippen molar-refractivity contribution < 1.29 is 15.3 Å². The number of hydrogen-bond acceptors (Lipinski definition) is 2. The molecule has 0 aliphatic rings. The molecule has 0 aliphatic heterocycles. The Morgan fingerprint density at radius 2 is 2.43 bits per heavy atom. The Morgan fingerprint density at radius 1 is 1.86 bits per heavy atom. The molecule has 0 aromatic carbocycles. The highest BCUT2D eigenvalue weighted by molar-refractivity contribution is 5.69. The van der Waals surface area contributed by atoms with Crippen molar-refractivity contribution in [2.75, 3.05) is 13.7 Å². The average molecular weight is 104 g/mol. The normalized spacial score (nSPS) is 8.29. The molecule has 0 aliphatic carbocycles. The zero-order valence-electron chi connectivity index (χ0n) is 4.44. The molecule has 0 unspecified atom stereocenters. The zero-order chi connectivity index (χ0) is 5.70. The van der Waals surface area contributed by atoms with Crippen LogP contribution in [0.1, 0.15) is 6.42 Å². The van der Waals surface area contributed by atoms with E-state index in [1.54, 1.807) is 0 Å². The zero-order valence-corrected chi connectivity index (χ0v) is 4.44. The van der Waals surface area contributed by atoms with Crippen molar-refractivity contribution in [3.05, 3.63) is 0 Å². The third-order valence-electron chi connectivity index (χ3n) is 0.609. The lowest BCUT2D eigenvalue weighted by atomic mass is 10.4. The van der Waals surface area contributed by atoms with Gasteiger partial charge in [0.2, 0.25) is 0 Å². The first-order chi connectivity index (χ1) is 3.31. The van der Waals surface area contributed by atoms with E-state index in [1.165, 1.54) is 7.11 Å². The summed E-state index contributed by atoms with van der Waals surface area (Å²) < 4.78 is 4.31. The second-order valence-corrected chi connectivity index (χ2v) is 1.18. The quantitative estimate of drug-likeness (QED) is 0.447. The molecule has 3 nitrogen and oxygen atoms in total. The second-order valence-electron chi connectivity index (χ2n) is 1.18. The molecule has 0 atom stereocenters. The van der Waals surface area contributed by atoms with Crippen LogP contribution in [0.15, 0.2) is 0 Å². The van der Waals surface area contributed by atoms with Crippen LogP contribution in [-0.2, 0) is 9.53 Å². The molecule has 0 rings (SSSR count). The van der Waals surface area contributed by atoms with Crippen LogP contribution in [-0.4, -0.2) is 19.6 Å². The van der Waals surface area contributed by atoms with Gasteiger partial charge in [-0.15, -0.1) is 0 Å². The van der Waals surface area contributed by atoms with Crippen LogP contribution < -0.4 is 5.73 Å². The fraction of sp³-hybridized carbons (Fsp3) is 0.750. The van der Waals surface area contributed by atoms with E-state index in [1.807, 2.05) is 0 Å². The SMILES string of the molecule is COC(=O)CC[NH3+]. The molecular weight excluding hydrogens is 94.0 g/mol. The molecule has 0 aromatic rings. The van der Waals surface area contributed by atoms with Gasteiger partial charge in [0, 0.05) is 0 Å². The number of ether oxygens (including phenoxy) is 1. The summed E-state index contributed by atoms with van der Waals surface area (Å²) in [7, 11) is 1.37. The van der Waals surface area contributed by atoms with Crippen LogP contribution in [0.2, 0.25) is 0 Å². The second kappa shape index (κ2) is 3.61. The standard InChI is InChI=1S/C4H9NO2/c1-7-4(6)2-3-5/h2-3,5H2,1H3/p+1. The highest BCUT2D eigenvalue weighted by atomic mass is 16.5. The smallest absolute Gasteiger partial charge is 0.311 e. The van der Waals surface area contributed by atoms with Gasteiger partial charge in [-0.1, -0.05) is 0 Å². The van der Waals surface area contributed by atoms with Crippen molar-refractivity contribution >= 4 is 5.97 Å². The summed E-state index contributed by atoms with van der Waals surface area (Å²) >= 11 is 0. The average Bonchev–Trinajstić information content (AvgIpc) is 1.68. The minimum atomic E-state index is -0.185. The first-order valence-corrected chi connectivity index (χ1v) is 2.17. The van der Waals surface area contributed by atoms with Crippen molar-refractivity contribution in [3.8, 4) is 0 Å². The Bertz CT molecular complexity index is 62.7. The van der Waals surface area contributed by atoms with Gasteiger partial charge >= 0.3 is 5.97 Å². The van der Waals surface area contributed by atoms with Crippen molar-refractivity contribution in [3.63, 3.8) is 0 Å². The number of esters is 1. The van der Waals surface area contributed by atoms with E-state index in [4.69, 9.17) is 0 Å². The van der Waals surface area contributed by atoms with Gasteiger partial charge < -0.3 is 10.5 Å². The fourth-order valence-electron chi connectivity index (χ4n) is 0.246. The molecule has 0 bridgehead atoms. The lowest BCUT2D eigenvalue weighted by Crippen LogP contribution is -2.51. The minimum absolute atomic E-state index is 0.185. The first-order valence-electron chi connectivity index (χ1n) is 2.17. The fourth-order valence-corrected chi connectivity index (χ4v) is 0.246. The van der Waals surface area contributed by atoms with E-state index in [-0.39, 0.29) is 5.97 Å². The number of carbonyl (C=O) groups is 1. The van der Waals surface area contributed by atoms with E-state index < -0.39 is 0 Å². The molecule has 0 aromatic heterocycles. The van der Waals surface area contributed by atoms with Crippen molar-refractivity contribution in [1.82, 2.24) is 0 Å². The Hall–Kier alpha value is -0.570. The number of rotatable bonds is 2. The van der Waals surface area contributed by atoms with Gasteiger partial charge in [0.05, 0.1) is 20.1 Å². The van der Waals surface area contributed by atoms with Crippen molar-refractivity contribution in [2.24, 2.45) is 0 Å². The van der Waals surface area contributed by atoms with E-state index in [0.29, 0.717) is 13.0 Å². The third kappa shape index (κ3) is 3.26. The van der Waals surface area contributed by atoms with Gasteiger partial charge in [-0.25, -0.2) is 0 Å². The molecule has 0 spiro atoms. The molecule has 42 valence electrons. The molecule has 3 heteroatoms. The summed E-state index contributed by atoms with van der Waals surface area (Å²) in [5, 5.41) is 0. The van der Waals surface area contributed by atoms with Gasteiger partial charge in [0.25, 0.3) is 0 Å². The summed E-state index contributed by atoms with van der Waals surface area (Å²) in [6.07, 6.45) is 0.427. The Morgan fingerprint density at radius 3 is 2.57 bits per heavy atom. The number of hydrogen-bond donors (Lipinski definition) is 1. The Labute approximate surface area is 42.4 Å². The number of methoxy groups -OCH3 is 1. The molecule has 0 saturated carbocycles. The molecule has 0 amide bonds. The molecule has 0 radical (unpaired) electrons. The van der Waals surface area contributed by atoms with E-state index in [2.05, 4.69) is 10.5 Å². The molecule has 3 N–H and O–H groups in total. The first kappa shape index (κ1) is 6.43. The maximum absolute atomic E-state index is 10.1. The van der Waals surface area contributed by atoms with Gasteiger partial charge in [0.15, 0.2) is 0 Å². The van der Waals surface area contributed by atoms with Gasteiger partial charge in [0.1, 0.15) is 0 Å². The summed E-state index contributed by atoms with van der Waals surface area (Å²) in [4.78, 5) is 10.1. The molecular formula is C4H10NO2+. The van der Waals surface area contributed by atoms with Gasteiger partial charge in [-0.2, -0.15) is 0 Å². The maximum atomic E-state index is 10.1. The summed E-state index contributed by atoms with van der Waals surface area (Å²) in [6, 6.07) is 0. The monoisotopic (exact) mass is 104 g/mol. The van der Waals surface area contributed by atoms with E-state index >= 15 is 0 Å². The minimum Gasteiger partial charge on any atom is -0.469 e. The highest BCUT2D eigenvalue weighted by Gasteiger charge is 1.95. The summed E-state index contributed by atoms with van der Waals surface area (Å²) in [6.45, 7) is 0.618. The lowest BCUT2D eigenvalue weighted by Gasteiger charge is -1.89. The van der Waals surface area contributed by atoms with E-state index in [0.717, 1.165) is 0 Å². The van der Waals surface area contributed by atoms with Crippen molar-refractivity contribution in [1.29, 1.82) is 0 Å². The van der Waals surface area contributed by atoms with Crippen LogP contribution in [0.3, 0.4) is 0 Å². The number of carbonyl (C=O) groups excluding carboxylic acids is 1. The van der Waals surface area contributed by atoms with Crippen LogP contribution in [0, 0.1) is 0 Å². The van der Waals surface area contributed by atoms with Gasteiger partial charge in [-0.3, -0.25) is 4.79 Å². The van der Waals surface area contributed by atoms with E-state index in [9.17, 15) is 4.79 Å². The predicted octanol–water partition coefficient (Wildman–Crippen LogP) is -1.21. The summed E-state index contributed by atoms with van der Waals surface area (Å²) in [5.74, 6) is -0.185. The van der Waals surface area contributed by atoms with Crippen LogP contribution in [0.25, 0.3) is 0 Å². The third-order valence-corrected chi connectivity index (χ3v) is 0.609. The predicted molar refractivity (Wildman–Crippen MR) is 24.4 cm³/mol. The van der Waals surface area contributed by atoms with Crippen LogP contribution >= 0.6 is 0 Å². The number of quaternary nitrogens is 1. The topological polar surface area (TPSA) is 53.9 Å². The Balaban J connectivity index is 3.00. The Kier molecular flexibility index (Phi) is 3.32. The molecule has 7 heavy (non-hydrogen) atoms. The van der Waals surface area contributed by atoms with Crippen LogP contribution in [0.5, 0.6) is 0 Å². The maximum Gasteiger partial charge on any atom is 0.311 e. The largest absolute Gasteiger partial charge is 0.469 e. The molecule has 0 heterocycles. The lowest BCUT2D eigenvalue weighted by molar-refractivity contribution is -0.366. The van der Waals surface area contributed by atoms with Gasteiger partial charge in [-0.05, 0) is 0 Å². The van der Waals surface area contributed by atoms with Crippen LogP contribution in [0.4, 0.5) is 0 Å². The molecule has 0 saturated heterocycles.